The first kappa shape index (κ1) is 20.5. The third-order valence-corrected chi connectivity index (χ3v) is 4.79. The predicted octanol–water partition coefficient (Wildman–Crippen LogP) is 5.50. The topological polar surface area (TPSA) is 44.8 Å². The predicted molar refractivity (Wildman–Crippen MR) is 113 cm³/mol. The Morgan fingerprint density at radius 3 is 2.10 bits per heavy atom. The molecule has 3 rings (SSSR count). The Morgan fingerprint density at radius 1 is 0.828 bits per heavy atom. The zero-order valence-corrected chi connectivity index (χ0v) is 17.1. The molecule has 0 radical (unpaired) electrons. The number of methoxy groups -OCH3 is 1. The Kier molecular flexibility index (Phi) is 6.90. The maximum atomic E-state index is 12.1. The van der Waals surface area contributed by atoms with Gasteiger partial charge < -0.3 is 14.2 Å². The maximum absolute atomic E-state index is 12.1. The number of esters is 1. The fourth-order valence-corrected chi connectivity index (χ4v) is 3.10. The van der Waals surface area contributed by atoms with E-state index in [0.717, 1.165) is 28.9 Å². The van der Waals surface area contributed by atoms with Crippen molar-refractivity contribution in [3.8, 4) is 11.5 Å². The van der Waals surface area contributed by atoms with Crippen molar-refractivity contribution >= 4 is 5.97 Å². The van der Waals surface area contributed by atoms with Gasteiger partial charge in [-0.15, -0.1) is 0 Å². The molecule has 0 unspecified atom stereocenters. The molecule has 0 spiro atoms. The van der Waals surface area contributed by atoms with Gasteiger partial charge in [-0.2, -0.15) is 0 Å². The highest BCUT2D eigenvalue weighted by molar-refractivity contribution is 5.92. The first-order valence-corrected chi connectivity index (χ1v) is 9.71. The van der Waals surface area contributed by atoms with Crippen LogP contribution in [0.2, 0.25) is 0 Å². The van der Waals surface area contributed by atoms with Crippen LogP contribution >= 0.6 is 0 Å². The molecule has 3 aromatic rings. The third-order valence-electron chi connectivity index (χ3n) is 4.79. The van der Waals surface area contributed by atoms with Crippen molar-refractivity contribution in [3.05, 3.63) is 94.5 Å². The van der Waals surface area contributed by atoms with Gasteiger partial charge in [-0.3, -0.25) is 0 Å². The van der Waals surface area contributed by atoms with E-state index in [0.29, 0.717) is 17.9 Å². The lowest BCUT2D eigenvalue weighted by molar-refractivity contribution is 0.0597. The minimum Gasteiger partial charge on any atom is -0.489 e. The summed E-state index contributed by atoms with van der Waals surface area (Å²) in [6.07, 6.45) is 1.03. The number of hydrogen-bond donors (Lipinski definition) is 0. The van der Waals surface area contributed by atoms with E-state index >= 15 is 0 Å². The highest BCUT2D eigenvalue weighted by atomic mass is 16.5. The molecule has 3 aromatic carbocycles. The van der Waals surface area contributed by atoms with Gasteiger partial charge in [0.15, 0.2) is 0 Å². The molecule has 0 saturated carbocycles. The van der Waals surface area contributed by atoms with Crippen molar-refractivity contribution in [1.82, 2.24) is 0 Å². The fraction of sp³-hybridized carbons (Fsp3) is 0.240. The van der Waals surface area contributed by atoms with Crippen LogP contribution in [-0.4, -0.2) is 13.1 Å². The second-order valence-corrected chi connectivity index (χ2v) is 6.82. The van der Waals surface area contributed by atoms with E-state index in [-0.39, 0.29) is 12.6 Å². The van der Waals surface area contributed by atoms with Gasteiger partial charge in [0.2, 0.25) is 0 Å². The first-order chi connectivity index (χ1) is 14.1. The molecule has 0 heterocycles. The van der Waals surface area contributed by atoms with Crippen molar-refractivity contribution in [2.45, 2.75) is 33.5 Å². The van der Waals surface area contributed by atoms with E-state index in [1.54, 1.807) is 0 Å². The summed E-state index contributed by atoms with van der Waals surface area (Å²) in [4.78, 5) is 12.1. The standard InChI is InChI=1S/C25H26O4/c1-4-19-11-13-20(14-12-19)16-28-22-9-6-10-23(15-22)29-17-21-8-5-7-18(2)24(21)25(26)27-3/h5-15H,4,16-17H2,1-3H3. The molecule has 0 bridgehead atoms. The van der Waals surface area contributed by atoms with Gasteiger partial charge in [0.25, 0.3) is 0 Å². The number of aryl methyl sites for hydroxylation is 2. The molecule has 0 aliphatic carbocycles. The summed E-state index contributed by atoms with van der Waals surface area (Å²) in [6.45, 7) is 4.80. The fourth-order valence-electron chi connectivity index (χ4n) is 3.10. The first-order valence-electron chi connectivity index (χ1n) is 9.71. The zero-order chi connectivity index (χ0) is 20.6. The molecular formula is C25H26O4. The number of rotatable bonds is 8. The van der Waals surface area contributed by atoms with Gasteiger partial charge >= 0.3 is 5.97 Å². The van der Waals surface area contributed by atoms with Crippen molar-refractivity contribution < 1.29 is 19.0 Å². The van der Waals surface area contributed by atoms with Gasteiger partial charge in [0, 0.05) is 11.6 Å². The average Bonchev–Trinajstić information content (AvgIpc) is 2.76. The smallest absolute Gasteiger partial charge is 0.338 e. The maximum Gasteiger partial charge on any atom is 0.338 e. The quantitative estimate of drug-likeness (QED) is 0.476. The van der Waals surface area contributed by atoms with Crippen molar-refractivity contribution in [3.63, 3.8) is 0 Å². The average molecular weight is 390 g/mol. The second-order valence-electron chi connectivity index (χ2n) is 6.82. The van der Waals surface area contributed by atoms with Crippen LogP contribution in [0.5, 0.6) is 11.5 Å². The summed E-state index contributed by atoms with van der Waals surface area (Å²) in [5.74, 6) is 1.06. The number of carbonyl (C=O) groups excluding carboxylic acids is 1. The number of ether oxygens (including phenoxy) is 3. The molecule has 0 aliphatic rings. The normalized spacial score (nSPS) is 10.4. The molecule has 150 valence electrons. The Labute approximate surface area is 172 Å². The summed E-state index contributed by atoms with van der Waals surface area (Å²) < 4.78 is 16.7. The lowest BCUT2D eigenvalue weighted by atomic mass is 10.0. The van der Waals surface area contributed by atoms with Crippen LogP contribution in [-0.2, 0) is 24.4 Å². The second kappa shape index (κ2) is 9.78. The molecule has 0 atom stereocenters. The van der Waals surface area contributed by atoms with E-state index in [1.807, 2.05) is 49.4 Å². The van der Waals surface area contributed by atoms with Gasteiger partial charge in [-0.05, 0) is 42.2 Å². The van der Waals surface area contributed by atoms with E-state index in [1.165, 1.54) is 12.7 Å². The van der Waals surface area contributed by atoms with Crippen LogP contribution in [0, 0.1) is 6.92 Å². The monoisotopic (exact) mass is 390 g/mol. The Bertz CT molecular complexity index is 961. The highest BCUT2D eigenvalue weighted by Gasteiger charge is 2.15. The molecule has 29 heavy (non-hydrogen) atoms. The van der Waals surface area contributed by atoms with E-state index in [9.17, 15) is 4.79 Å². The summed E-state index contributed by atoms with van der Waals surface area (Å²) in [5, 5.41) is 0. The molecule has 0 N–H and O–H groups in total. The van der Waals surface area contributed by atoms with Crippen molar-refractivity contribution in [2.75, 3.05) is 7.11 Å². The lowest BCUT2D eigenvalue weighted by Crippen LogP contribution is -2.10. The Morgan fingerprint density at radius 2 is 1.45 bits per heavy atom. The van der Waals surface area contributed by atoms with Crippen molar-refractivity contribution in [2.24, 2.45) is 0 Å². The SMILES string of the molecule is CCc1ccc(COc2cccc(OCc3cccc(C)c3C(=O)OC)c2)cc1. The Hall–Kier alpha value is -3.27. The summed E-state index contributed by atoms with van der Waals surface area (Å²) in [6, 6.07) is 21.6. The summed E-state index contributed by atoms with van der Waals surface area (Å²) in [7, 11) is 1.38. The van der Waals surface area contributed by atoms with Crippen molar-refractivity contribution in [1.29, 1.82) is 0 Å². The van der Waals surface area contributed by atoms with Crippen LogP contribution < -0.4 is 9.47 Å². The summed E-state index contributed by atoms with van der Waals surface area (Å²) >= 11 is 0. The number of benzene rings is 3. The number of carbonyl (C=O) groups is 1. The van der Waals surface area contributed by atoms with Crippen LogP contribution in [0.3, 0.4) is 0 Å². The lowest BCUT2D eigenvalue weighted by Gasteiger charge is -2.13. The molecule has 4 heteroatoms. The highest BCUT2D eigenvalue weighted by Crippen LogP contribution is 2.23. The van der Waals surface area contributed by atoms with E-state index in [2.05, 4.69) is 31.2 Å². The van der Waals surface area contributed by atoms with E-state index in [4.69, 9.17) is 14.2 Å². The molecule has 0 saturated heterocycles. The molecular weight excluding hydrogens is 364 g/mol. The largest absolute Gasteiger partial charge is 0.489 e. The van der Waals surface area contributed by atoms with Crippen LogP contribution in [0.1, 0.15) is 39.5 Å². The number of hydrogen-bond acceptors (Lipinski definition) is 4. The summed E-state index contributed by atoms with van der Waals surface area (Å²) in [5.41, 5.74) is 4.64. The molecule has 0 aromatic heterocycles. The Balaban J connectivity index is 1.64. The zero-order valence-electron chi connectivity index (χ0n) is 17.1. The van der Waals surface area contributed by atoms with Gasteiger partial charge in [-0.1, -0.05) is 55.5 Å². The molecule has 0 aliphatic heterocycles. The van der Waals surface area contributed by atoms with E-state index < -0.39 is 0 Å². The minimum atomic E-state index is -0.354. The third kappa shape index (κ3) is 5.38. The van der Waals surface area contributed by atoms with Gasteiger partial charge in [0.1, 0.15) is 24.7 Å². The van der Waals surface area contributed by atoms with Crippen LogP contribution in [0.15, 0.2) is 66.7 Å². The van der Waals surface area contributed by atoms with Gasteiger partial charge in [0.05, 0.1) is 12.7 Å². The molecule has 0 amide bonds. The molecule has 4 nitrogen and oxygen atoms in total. The van der Waals surface area contributed by atoms with Gasteiger partial charge in [-0.25, -0.2) is 4.79 Å². The van der Waals surface area contributed by atoms with Crippen LogP contribution in [0.4, 0.5) is 0 Å². The molecule has 0 fully saturated rings. The van der Waals surface area contributed by atoms with Crippen LogP contribution in [0.25, 0.3) is 0 Å². The minimum absolute atomic E-state index is 0.272.